The van der Waals surface area contributed by atoms with Crippen molar-refractivity contribution in [2.75, 3.05) is 6.61 Å². The number of rotatable bonds is 10. The van der Waals surface area contributed by atoms with Crippen LogP contribution in [0.15, 0.2) is 48.5 Å². The van der Waals surface area contributed by atoms with E-state index in [2.05, 4.69) is 10.6 Å². The molecule has 3 rings (SSSR count). The molecule has 2 aromatic carbocycles. The summed E-state index contributed by atoms with van der Waals surface area (Å²) in [5.74, 6) is -2.40. The van der Waals surface area contributed by atoms with E-state index in [1.165, 1.54) is 6.92 Å². The minimum Gasteiger partial charge on any atom is -0.480 e. The van der Waals surface area contributed by atoms with Gasteiger partial charge < -0.3 is 30.0 Å². The summed E-state index contributed by atoms with van der Waals surface area (Å²) < 4.78 is 16.1. The van der Waals surface area contributed by atoms with Crippen LogP contribution in [0.5, 0.6) is 0 Å². The Morgan fingerprint density at radius 2 is 1.43 bits per heavy atom. The van der Waals surface area contributed by atoms with Crippen LogP contribution in [0.2, 0.25) is 0 Å². The first-order valence-electron chi connectivity index (χ1n) is 13.3. The summed E-state index contributed by atoms with van der Waals surface area (Å²) in [4.78, 5) is 49.7. The summed E-state index contributed by atoms with van der Waals surface area (Å²) in [6.45, 7) is 10.1. The molecule has 40 heavy (non-hydrogen) atoms. The zero-order valence-corrected chi connectivity index (χ0v) is 23.7. The smallest absolute Gasteiger partial charge is 0.408 e. The molecule has 0 saturated heterocycles. The van der Waals surface area contributed by atoms with Gasteiger partial charge in [0, 0.05) is 5.92 Å². The summed E-state index contributed by atoms with van der Waals surface area (Å²) in [5, 5.41) is 14.4. The van der Waals surface area contributed by atoms with Gasteiger partial charge in [-0.3, -0.25) is 0 Å². The number of carbonyl (C=O) groups is 4. The van der Waals surface area contributed by atoms with Crippen LogP contribution in [0.25, 0.3) is 11.1 Å². The Morgan fingerprint density at radius 3 is 1.93 bits per heavy atom. The van der Waals surface area contributed by atoms with E-state index in [9.17, 15) is 24.3 Å². The molecule has 0 heterocycles. The molecule has 10 heteroatoms. The average Bonchev–Trinajstić information content (AvgIpc) is 3.17. The minimum absolute atomic E-state index is 0.00287. The fourth-order valence-corrected chi connectivity index (χ4v) is 4.62. The second kappa shape index (κ2) is 12.8. The Morgan fingerprint density at radius 1 is 0.875 bits per heavy atom. The van der Waals surface area contributed by atoms with Gasteiger partial charge in [-0.15, -0.1) is 0 Å². The van der Waals surface area contributed by atoms with Gasteiger partial charge in [-0.2, -0.15) is 0 Å². The van der Waals surface area contributed by atoms with Crippen molar-refractivity contribution >= 4 is 24.1 Å². The van der Waals surface area contributed by atoms with Crippen LogP contribution in [-0.4, -0.2) is 59.6 Å². The van der Waals surface area contributed by atoms with Gasteiger partial charge in [0.2, 0.25) is 0 Å². The number of carbonyl (C=O) groups excluding carboxylic acids is 3. The highest BCUT2D eigenvalue weighted by atomic mass is 16.6. The molecule has 3 N–H and O–H groups in total. The topological polar surface area (TPSA) is 140 Å². The van der Waals surface area contributed by atoms with Crippen molar-refractivity contribution in [3.63, 3.8) is 0 Å². The number of amides is 2. The maximum atomic E-state index is 13.0. The van der Waals surface area contributed by atoms with Crippen LogP contribution in [-0.2, 0) is 23.8 Å². The Balaban J connectivity index is 1.64. The van der Waals surface area contributed by atoms with Gasteiger partial charge in [-0.05, 0) is 62.3 Å². The first kappa shape index (κ1) is 30.5. The van der Waals surface area contributed by atoms with Crippen LogP contribution in [0.1, 0.15) is 65.0 Å². The van der Waals surface area contributed by atoms with Gasteiger partial charge >= 0.3 is 24.1 Å². The lowest BCUT2D eigenvalue weighted by Crippen LogP contribution is -2.52. The van der Waals surface area contributed by atoms with E-state index in [0.29, 0.717) is 0 Å². The highest BCUT2D eigenvalue weighted by Crippen LogP contribution is 2.44. The van der Waals surface area contributed by atoms with Crippen LogP contribution >= 0.6 is 0 Å². The SMILES string of the molecule is CC(C)C[C@H](NC(=O)OCC1c2ccccc2-c2ccccc21)C(=O)O[C@H](C)[C@@H](NC(=O)OC(C)(C)C)C(=O)O. The number of fused-ring (bicyclic) bond motifs is 3. The monoisotopic (exact) mass is 554 g/mol. The number of hydrogen-bond acceptors (Lipinski definition) is 7. The summed E-state index contributed by atoms with van der Waals surface area (Å²) >= 11 is 0. The normalized spacial score (nSPS) is 14.8. The fourth-order valence-electron chi connectivity index (χ4n) is 4.62. The molecule has 0 aromatic heterocycles. The number of esters is 1. The number of ether oxygens (including phenoxy) is 3. The lowest BCUT2D eigenvalue weighted by molar-refractivity contribution is -0.156. The first-order valence-corrected chi connectivity index (χ1v) is 13.3. The molecule has 0 aliphatic heterocycles. The van der Waals surface area contributed by atoms with Crippen molar-refractivity contribution in [2.45, 2.75) is 77.7 Å². The first-order chi connectivity index (χ1) is 18.8. The Kier molecular flexibility index (Phi) is 9.78. The highest BCUT2D eigenvalue weighted by molar-refractivity contribution is 5.84. The third kappa shape index (κ3) is 7.97. The number of hydrogen-bond donors (Lipinski definition) is 3. The molecule has 1 aliphatic carbocycles. The molecule has 1 aliphatic rings. The quantitative estimate of drug-likeness (QED) is 0.280. The molecule has 0 saturated carbocycles. The summed E-state index contributed by atoms with van der Waals surface area (Å²) in [7, 11) is 0. The predicted molar refractivity (Wildman–Crippen MR) is 148 cm³/mol. The molecule has 10 nitrogen and oxygen atoms in total. The molecule has 0 spiro atoms. The molecular formula is C30H38N2O8. The van der Waals surface area contributed by atoms with Crippen LogP contribution in [0.3, 0.4) is 0 Å². The van der Waals surface area contributed by atoms with Gasteiger partial charge in [0.1, 0.15) is 24.4 Å². The van der Waals surface area contributed by atoms with Gasteiger partial charge in [0.25, 0.3) is 0 Å². The van der Waals surface area contributed by atoms with Crippen molar-refractivity contribution in [1.82, 2.24) is 10.6 Å². The number of alkyl carbamates (subject to hydrolysis) is 2. The van der Waals surface area contributed by atoms with Crippen molar-refractivity contribution in [2.24, 2.45) is 5.92 Å². The zero-order valence-electron chi connectivity index (χ0n) is 23.7. The van der Waals surface area contributed by atoms with E-state index in [1.807, 2.05) is 62.4 Å². The summed E-state index contributed by atoms with van der Waals surface area (Å²) in [6.07, 6.45) is -2.78. The van der Waals surface area contributed by atoms with Crippen LogP contribution in [0, 0.1) is 5.92 Å². The number of carboxylic acid groups (broad SMARTS) is 1. The predicted octanol–water partition coefficient (Wildman–Crippen LogP) is 4.85. The molecule has 216 valence electrons. The van der Waals surface area contributed by atoms with Gasteiger partial charge in [-0.25, -0.2) is 19.2 Å². The molecule has 0 unspecified atom stereocenters. The minimum atomic E-state index is -1.56. The van der Waals surface area contributed by atoms with Crippen molar-refractivity contribution in [3.05, 3.63) is 59.7 Å². The van der Waals surface area contributed by atoms with E-state index in [-0.39, 0.29) is 24.9 Å². The number of nitrogens with one attached hydrogen (secondary N) is 2. The largest absolute Gasteiger partial charge is 0.480 e. The van der Waals surface area contributed by atoms with Crippen LogP contribution in [0.4, 0.5) is 9.59 Å². The zero-order chi connectivity index (χ0) is 29.6. The third-order valence-electron chi connectivity index (χ3n) is 6.34. The standard InChI is InChI=1S/C30H38N2O8/c1-17(2)15-24(27(35)39-18(3)25(26(33)34)32-29(37)40-30(4,5)6)31-28(36)38-16-23-21-13-9-7-11-19(21)20-12-8-10-14-22(20)23/h7-14,17-18,23-25H,15-16H2,1-6H3,(H,31,36)(H,32,37)(H,33,34)/t18-,24+,25-/m1/s1. The highest BCUT2D eigenvalue weighted by Gasteiger charge is 2.34. The fraction of sp³-hybridized carbons (Fsp3) is 0.467. The number of benzene rings is 2. The molecule has 0 bridgehead atoms. The van der Waals surface area contributed by atoms with Crippen molar-refractivity contribution in [3.8, 4) is 11.1 Å². The Bertz CT molecular complexity index is 1190. The third-order valence-corrected chi connectivity index (χ3v) is 6.34. The van der Waals surface area contributed by atoms with E-state index in [0.717, 1.165) is 22.3 Å². The molecule has 3 atom stereocenters. The van der Waals surface area contributed by atoms with Crippen molar-refractivity contribution < 1.29 is 38.5 Å². The Hall–Kier alpha value is -4.08. The van der Waals surface area contributed by atoms with Gasteiger partial charge in [-0.1, -0.05) is 62.4 Å². The maximum absolute atomic E-state index is 13.0. The summed E-state index contributed by atoms with van der Waals surface area (Å²) in [5.41, 5.74) is 3.45. The maximum Gasteiger partial charge on any atom is 0.408 e. The van der Waals surface area contributed by atoms with E-state index in [1.54, 1.807) is 20.8 Å². The molecule has 0 fully saturated rings. The Labute approximate surface area is 234 Å². The molecule has 2 amide bonds. The lowest BCUT2D eigenvalue weighted by atomic mass is 9.98. The molecular weight excluding hydrogens is 516 g/mol. The van der Waals surface area contributed by atoms with Crippen LogP contribution < -0.4 is 10.6 Å². The van der Waals surface area contributed by atoms with E-state index in [4.69, 9.17) is 14.2 Å². The van der Waals surface area contributed by atoms with Gasteiger partial charge in [0.15, 0.2) is 6.04 Å². The number of aliphatic carboxylic acids is 1. The van der Waals surface area contributed by atoms with E-state index < -0.39 is 47.9 Å². The van der Waals surface area contributed by atoms with Gasteiger partial charge in [0.05, 0.1) is 0 Å². The average molecular weight is 555 g/mol. The second-order valence-corrected chi connectivity index (χ2v) is 11.3. The molecule has 0 radical (unpaired) electrons. The number of carboxylic acids is 1. The lowest BCUT2D eigenvalue weighted by Gasteiger charge is -2.26. The van der Waals surface area contributed by atoms with Crippen molar-refractivity contribution in [1.29, 1.82) is 0 Å². The second-order valence-electron chi connectivity index (χ2n) is 11.3. The van der Waals surface area contributed by atoms with E-state index >= 15 is 0 Å². The summed E-state index contributed by atoms with van der Waals surface area (Å²) in [6, 6.07) is 13.2. The molecule has 2 aromatic rings.